The summed E-state index contributed by atoms with van der Waals surface area (Å²) in [5, 5.41) is 48.0. The van der Waals surface area contributed by atoms with Crippen LogP contribution in [-0.4, -0.2) is 158 Å². The van der Waals surface area contributed by atoms with Crippen molar-refractivity contribution in [3.8, 4) is 0 Å². The van der Waals surface area contributed by atoms with Crippen LogP contribution in [0.3, 0.4) is 0 Å². The van der Waals surface area contributed by atoms with Crippen molar-refractivity contribution in [1.29, 1.82) is 0 Å². The molecule has 2 atom stereocenters. The molecule has 0 aliphatic heterocycles. The molecule has 0 fully saturated rings. The highest BCUT2D eigenvalue weighted by Crippen LogP contribution is 2.39. The summed E-state index contributed by atoms with van der Waals surface area (Å²) >= 11 is 0. The van der Waals surface area contributed by atoms with Crippen LogP contribution < -0.4 is 0 Å². The Morgan fingerprint density at radius 3 is 1.20 bits per heavy atom. The van der Waals surface area contributed by atoms with Gasteiger partial charge >= 0.3 is 63.6 Å². The second kappa shape index (κ2) is 19.2. The lowest BCUT2D eigenvalue weighted by molar-refractivity contribution is -0.285. The quantitative estimate of drug-likeness (QED) is 0.0343. The van der Waals surface area contributed by atoms with E-state index in [4.69, 9.17) is 39.6 Å². The Kier molecular flexibility index (Phi) is 18.7. The SMILES string of the molecule is O=C(O)CN(CCN(CC(=O)O)CC(O)(OP(O)O)OP(O)O)CCN(CC(=O)O)CC(O)(O[P+](=O)O)O[P+](=O)O. The highest BCUT2D eigenvalue weighted by Gasteiger charge is 2.49. The topological polar surface area (TPSA) is 355 Å². The zero-order valence-corrected chi connectivity index (χ0v) is 24.2. The van der Waals surface area contributed by atoms with E-state index in [0.717, 1.165) is 14.7 Å². The molecule has 0 rings (SSSR count). The lowest BCUT2D eigenvalue weighted by Gasteiger charge is -2.33. The van der Waals surface area contributed by atoms with E-state index < -0.39 is 109 Å². The molecule has 0 aliphatic carbocycles. The highest BCUT2D eigenvalue weighted by molar-refractivity contribution is 7.40. The molecule has 23 nitrogen and oxygen atoms in total. The first-order chi connectivity index (χ1) is 18.7. The Morgan fingerprint density at radius 2 is 0.902 bits per heavy atom. The molecule has 0 aromatic heterocycles. The Balaban J connectivity index is 5.77. The fraction of sp³-hybridized carbons (Fsp3) is 0.786. The van der Waals surface area contributed by atoms with E-state index in [1.54, 1.807) is 0 Å². The molecule has 0 bridgehead atoms. The van der Waals surface area contributed by atoms with Gasteiger partial charge in [-0.15, -0.1) is 9.79 Å². The maximum absolute atomic E-state index is 11.4. The summed E-state index contributed by atoms with van der Waals surface area (Å²) in [5.74, 6) is -10.8. The number of carbonyl (C=O) groups is 3. The van der Waals surface area contributed by atoms with Crippen LogP contribution in [0.15, 0.2) is 0 Å². The molecule has 0 aromatic carbocycles. The molecule has 0 amide bonds. The molecule has 0 spiro atoms. The molecule has 0 aromatic rings. The van der Waals surface area contributed by atoms with Crippen LogP contribution in [0.25, 0.3) is 0 Å². The van der Waals surface area contributed by atoms with E-state index in [-0.39, 0.29) is 13.1 Å². The summed E-state index contributed by atoms with van der Waals surface area (Å²) in [7, 11) is -14.0. The minimum atomic E-state index is -3.63. The van der Waals surface area contributed by atoms with Gasteiger partial charge < -0.3 is 45.1 Å². The molecule has 238 valence electrons. The first-order valence-electron chi connectivity index (χ1n) is 10.5. The molecular weight excluding hydrogens is 654 g/mol. The van der Waals surface area contributed by atoms with Gasteiger partial charge in [0, 0.05) is 35.3 Å². The number of hydrogen-bond acceptors (Lipinski definition) is 18. The van der Waals surface area contributed by atoms with Crippen molar-refractivity contribution in [2.24, 2.45) is 0 Å². The van der Waals surface area contributed by atoms with Crippen LogP contribution in [0, 0.1) is 0 Å². The second-order valence-corrected chi connectivity index (χ2v) is 10.3. The molecular formula is C14H29N3O20P4+2. The Hall–Kier alpha value is -1.13. The van der Waals surface area contributed by atoms with Gasteiger partial charge in [0.05, 0.1) is 32.7 Å². The molecule has 41 heavy (non-hydrogen) atoms. The molecule has 0 saturated carbocycles. The predicted octanol–water partition coefficient (Wildman–Crippen LogP) is -3.77. The minimum absolute atomic E-state index is 0.362. The van der Waals surface area contributed by atoms with E-state index in [1.807, 2.05) is 0 Å². The van der Waals surface area contributed by atoms with E-state index in [1.165, 1.54) is 0 Å². The maximum atomic E-state index is 11.4. The number of hydrogen-bond donors (Lipinski definition) is 11. The van der Waals surface area contributed by atoms with E-state index in [2.05, 4.69) is 18.1 Å². The van der Waals surface area contributed by atoms with Crippen molar-refractivity contribution in [2.45, 2.75) is 11.9 Å². The number of aliphatic hydroxyl groups is 2. The number of carboxylic acid groups (broad SMARTS) is 3. The average molecular weight is 683 g/mol. The Morgan fingerprint density at radius 1 is 0.610 bits per heavy atom. The fourth-order valence-electron chi connectivity index (χ4n) is 3.05. The molecule has 0 saturated heterocycles. The first kappa shape index (κ1) is 39.9. The summed E-state index contributed by atoms with van der Waals surface area (Å²) in [4.78, 5) is 90.5. The fourth-order valence-corrected chi connectivity index (χ4v) is 4.55. The third-order valence-electron chi connectivity index (χ3n) is 4.28. The molecule has 2 unspecified atom stereocenters. The molecule has 0 aliphatic rings. The molecule has 0 radical (unpaired) electrons. The minimum Gasteiger partial charge on any atom is -0.480 e. The van der Waals surface area contributed by atoms with E-state index >= 15 is 0 Å². The van der Waals surface area contributed by atoms with Gasteiger partial charge in [0.1, 0.15) is 0 Å². The van der Waals surface area contributed by atoms with Gasteiger partial charge in [-0.3, -0.25) is 38.1 Å². The van der Waals surface area contributed by atoms with E-state index in [9.17, 15) is 38.8 Å². The van der Waals surface area contributed by atoms with Crippen molar-refractivity contribution in [2.75, 3.05) is 58.9 Å². The average Bonchev–Trinajstić information content (AvgIpc) is 2.71. The Labute approximate surface area is 234 Å². The van der Waals surface area contributed by atoms with Crippen LogP contribution in [0.4, 0.5) is 0 Å². The monoisotopic (exact) mass is 683 g/mol. The van der Waals surface area contributed by atoms with Crippen LogP contribution in [0.1, 0.15) is 0 Å². The zero-order valence-electron chi connectivity index (χ0n) is 20.6. The molecule has 27 heteroatoms. The zero-order chi connectivity index (χ0) is 32.0. The third-order valence-corrected chi connectivity index (χ3v) is 6.06. The van der Waals surface area contributed by atoms with Gasteiger partial charge in [0.2, 0.25) is 0 Å². The van der Waals surface area contributed by atoms with Crippen molar-refractivity contribution in [3.05, 3.63) is 0 Å². The predicted molar refractivity (Wildman–Crippen MR) is 129 cm³/mol. The van der Waals surface area contributed by atoms with Crippen LogP contribution in [0.5, 0.6) is 0 Å². The number of rotatable bonds is 24. The summed E-state index contributed by atoms with van der Waals surface area (Å²) in [5.41, 5.74) is 0. The summed E-state index contributed by atoms with van der Waals surface area (Å²) in [6.45, 7) is -6.36. The van der Waals surface area contributed by atoms with Gasteiger partial charge in [-0.25, -0.2) is 0 Å². The number of aliphatic carboxylic acids is 3. The standard InChI is InChI=1S/C14H27N3O20P4/c18-10(19)5-15(1-3-16(6-11(20)21)8-13(24,34-38(26)27)35-39(28)29)2-4-17(7-12(22)23)9-14(25,36-40(30)31)37-41(32)33/h24-29H,1-9H2,(H3-2,18,19,20,21,22,23,30,31,32,33)/p+2. The number of carboxylic acids is 3. The lowest BCUT2D eigenvalue weighted by Crippen LogP contribution is -2.51. The van der Waals surface area contributed by atoms with Crippen LogP contribution in [-0.2, 0) is 41.6 Å². The summed E-state index contributed by atoms with van der Waals surface area (Å²) in [6.07, 6.45) is 0. The summed E-state index contributed by atoms with van der Waals surface area (Å²) in [6, 6.07) is 0. The van der Waals surface area contributed by atoms with Crippen LogP contribution >= 0.6 is 33.7 Å². The maximum Gasteiger partial charge on any atom is 0.700 e. The highest BCUT2D eigenvalue weighted by atomic mass is 31.2. The van der Waals surface area contributed by atoms with Crippen LogP contribution in [0.2, 0.25) is 0 Å². The van der Waals surface area contributed by atoms with Gasteiger partial charge in [0.15, 0.2) is 0 Å². The third kappa shape index (κ3) is 20.4. The Bertz CT molecular complexity index is 871. The second-order valence-electron chi connectivity index (χ2n) is 7.65. The molecule has 0 heterocycles. The smallest absolute Gasteiger partial charge is 0.480 e. The first-order valence-corrected chi connectivity index (χ1v) is 15.0. The van der Waals surface area contributed by atoms with Crippen molar-refractivity contribution in [3.63, 3.8) is 0 Å². The normalized spacial score (nSPS) is 14.7. The van der Waals surface area contributed by atoms with Gasteiger partial charge in [0.25, 0.3) is 0 Å². The molecule has 11 N–H and O–H groups in total. The summed E-state index contributed by atoms with van der Waals surface area (Å²) < 4.78 is 39.0. The van der Waals surface area contributed by atoms with Crippen molar-refractivity contribution >= 4 is 51.6 Å². The van der Waals surface area contributed by atoms with Gasteiger partial charge in [-0.1, -0.05) is 0 Å². The van der Waals surface area contributed by atoms with E-state index in [0.29, 0.717) is 0 Å². The van der Waals surface area contributed by atoms with Crippen molar-refractivity contribution in [1.82, 2.24) is 14.7 Å². The van der Waals surface area contributed by atoms with Crippen molar-refractivity contribution < 1.29 is 96.5 Å². The van der Waals surface area contributed by atoms with Gasteiger partial charge in [-0.05, 0) is 9.05 Å². The van der Waals surface area contributed by atoms with Gasteiger partial charge in [-0.2, -0.15) is 0 Å². The number of nitrogens with zero attached hydrogens (tertiary/aromatic N) is 3. The largest absolute Gasteiger partial charge is 0.700 e. The lowest BCUT2D eigenvalue weighted by atomic mass is 10.3.